The lowest BCUT2D eigenvalue weighted by atomic mass is 10.1. The average Bonchev–Trinajstić information content (AvgIpc) is 3.09. The molecule has 2 heterocycles. The van der Waals surface area contributed by atoms with E-state index in [4.69, 9.17) is 0 Å². The van der Waals surface area contributed by atoms with Gasteiger partial charge in [0.25, 0.3) is 0 Å². The van der Waals surface area contributed by atoms with Gasteiger partial charge in [0.2, 0.25) is 11.8 Å². The van der Waals surface area contributed by atoms with Crippen LogP contribution in [0.3, 0.4) is 0 Å². The molecule has 0 aliphatic carbocycles. The Balaban J connectivity index is 1.74. The van der Waals surface area contributed by atoms with E-state index in [-0.39, 0.29) is 30.5 Å². The van der Waals surface area contributed by atoms with E-state index in [1.807, 2.05) is 0 Å². The second-order valence-corrected chi connectivity index (χ2v) is 5.34. The van der Waals surface area contributed by atoms with Gasteiger partial charge < -0.3 is 10.2 Å². The van der Waals surface area contributed by atoms with Crippen LogP contribution >= 0.6 is 0 Å². The quantitative estimate of drug-likeness (QED) is 0.908. The van der Waals surface area contributed by atoms with Crippen molar-refractivity contribution in [2.24, 2.45) is 5.92 Å². The number of hydrogen-bond acceptors (Lipinski definition) is 3. The molecule has 1 fully saturated rings. The molecule has 1 aromatic carbocycles. The first-order valence-electron chi connectivity index (χ1n) is 6.91. The van der Waals surface area contributed by atoms with E-state index in [2.05, 4.69) is 15.5 Å². The molecule has 114 valence electrons. The number of aromatic nitrogens is 2. The molecule has 0 unspecified atom stereocenters. The molecule has 22 heavy (non-hydrogen) atoms. The standard InChI is InChI=1S/C15H15FN4O2/c1-9-2-3-13(12(16)4-9)20-8-10(5-14(20)21)15(22)19-11-6-17-18-7-11/h2-4,6-7,10H,5,8H2,1H3,(H,17,18)(H,19,22)/t10-/m0/s1. The monoisotopic (exact) mass is 302 g/mol. The Kier molecular flexibility index (Phi) is 3.62. The summed E-state index contributed by atoms with van der Waals surface area (Å²) in [5.74, 6) is -1.49. The second kappa shape index (κ2) is 5.59. The van der Waals surface area contributed by atoms with E-state index < -0.39 is 11.7 Å². The number of carbonyl (C=O) groups excluding carboxylic acids is 2. The minimum Gasteiger partial charge on any atom is -0.323 e. The topological polar surface area (TPSA) is 78.1 Å². The lowest BCUT2D eigenvalue weighted by molar-refractivity contribution is -0.122. The fourth-order valence-corrected chi connectivity index (χ4v) is 2.51. The van der Waals surface area contributed by atoms with E-state index in [1.54, 1.807) is 25.3 Å². The zero-order valence-corrected chi connectivity index (χ0v) is 12.0. The summed E-state index contributed by atoms with van der Waals surface area (Å²) in [5, 5.41) is 9.00. The van der Waals surface area contributed by atoms with Crippen LogP contribution in [-0.2, 0) is 9.59 Å². The first-order valence-corrected chi connectivity index (χ1v) is 6.91. The molecule has 0 radical (unpaired) electrons. The molecule has 3 rings (SSSR count). The number of halogens is 1. The van der Waals surface area contributed by atoms with Crippen LogP contribution in [0.25, 0.3) is 0 Å². The molecule has 1 aromatic heterocycles. The normalized spacial score (nSPS) is 17.8. The van der Waals surface area contributed by atoms with Crippen molar-refractivity contribution in [1.82, 2.24) is 10.2 Å². The van der Waals surface area contributed by atoms with Crippen LogP contribution in [0, 0.1) is 18.7 Å². The number of aryl methyl sites for hydroxylation is 1. The Labute approximate surface area is 126 Å². The Bertz CT molecular complexity index is 714. The van der Waals surface area contributed by atoms with Crippen molar-refractivity contribution in [3.8, 4) is 0 Å². The molecule has 1 aliphatic heterocycles. The van der Waals surface area contributed by atoms with Crippen molar-refractivity contribution in [3.63, 3.8) is 0 Å². The third kappa shape index (κ3) is 2.69. The van der Waals surface area contributed by atoms with Gasteiger partial charge in [0.1, 0.15) is 5.82 Å². The number of aromatic amines is 1. The lowest BCUT2D eigenvalue weighted by Crippen LogP contribution is -2.28. The molecular weight excluding hydrogens is 287 g/mol. The average molecular weight is 302 g/mol. The number of hydrogen-bond donors (Lipinski definition) is 2. The van der Waals surface area contributed by atoms with Crippen molar-refractivity contribution in [2.45, 2.75) is 13.3 Å². The second-order valence-electron chi connectivity index (χ2n) is 5.34. The van der Waals surface area contributed by atoms with Crippen LogP contribution in [0.2, 0.25) is 0 Å². The summed E-state index contributed by atoms with van der Waals surface area (Å²) in [6, 6.07) is 4.69. The molecule has 0 spiro atoms. The summed E-state index contributed by atoms with van der Waals surface area (Å²) in [5.41, 5.74) is 1.54. The molecule has 1 aliphatic rings. The Morgan fingerprint density at radius 1 is 1.50 bits per heavy atom. The maximum atomic E-state index is 14.0. The number of nitrogens with one attached hydrogen (secondary N) is 2. The van der Waals surface area contributed by atoms with Gasteiger partial charge in [-0.15, -0.1) is 0 Å². The zero-order valence-electron chi connectivity index (χ0n) is 12.0. The highest BCUT2D eigenvalue weighted by atomic mass is 19.1. The SMILES string of the molecule is Cc1ccc(N2C[C@@H](C(=O)Nc3cn[nH]c3)CC2=O)c(F)c1. The number of nitrogens with zero attached hydrogens (tertiary/aromatic N) is 2. The molecule has 6 nitrogen and oxygen atoms in total. The Morgan fingerprint density at radius 3 is 3.00 bits per heavy atom. The van der Waals surface area contributed by atoms with Gasteiger partial charge in [-0.3, -0.25) is 14.7 Å². The third-order valence-electron chi connectivity index (χ3n) is 3.66. The number of rotatable bonds is 3. The summed E-state index contributed by atoms with van der Waals surface area (Å²) in [7, 11) is 0. The van der Waals surface area contributed by atoms with Crippen LogP contribution in [0.1, 0.15) is 12.0 Å². The van der Waals surface area contributed by atoms with Crippen molar-refractivity contribution in [1.29, 1.82) is 0 Å². The summed E-state index contributed by atoms with van der Waals surface area (Å²) < 4.78 is 14.0. The summed E-state index contributed by atoms with van der Waals surface area (Å²) in [6.45, 7) is 1.95. The Morgan fingerprint density at radius 2 is 2.32 bits per heavy atom. The highest BCUT2D eigenvalue weighted by Crippen LogP contribution is 2.28. The molecule has 1 atom stereocenters. The van der Waals surface area contributed by atoms with Gasteiger partial charge in [0.05, 0.1) is 23.5 Å². The predicted molar refractivity (Wildman–Crippen MR) is 78.8 cm³/mol. The maximum absolute atomic E-state index is 14.0. The smallest absolute Gasteiger partial charge is 0.229 e. The van der Waals surface area contributed by atoms with Crippen molar-refractivity contribution >= 4 is 23.2 Å². The molecule has 2 amide bonds. The van der Waals surface area contributed by atoms with Crippen molar-refractivity contribution < 1.29 is 14.0 Å². The Hall–Kier alpha value is -2.70. The van der Waals surface area contributed by atoms with Crippen molar-refractivity contribution in [2.75, 3.05) is 16.8 Å². The summed E-state index contributed by atoms with van der Waals surface area (Å²) >= 11 is 0. The maximum Gasteiger partial charge on any atom is 0.229 e. The first-order chi connectivity index (χ1) is 10.5. The number of carbonyl (C=O) groups is 2. The molecule has 2 N–H and O–H groups in total. The highest BCUT2D eigenvalue weighted by Gasteiger charge is 2.36. The molecule has 7 heteroatoms. The summed E-state index contributed by atoms with van der Waals surface area (Å²) in [4.78, 5) is 25.6. The third-order valence-corrected chi connectivity index (χ3v) is 3.66. The molecule has 0 saturated carbocycles. The van der Waals surface area contributed by atoms with Gasteiger partial charge in [0.15, 0.2) is 0 Å². The lowest BCUT2D eigenvalue weighted by Gasteiger charge is -2.17. The van der Waals surface area contributed by atoms with Crippen molar-refractivity contribution in [3.05, 3.63) is 42.0 Å². The minimum atomic E-state index is -0.511. The number of amides is 2. The number of anilines is 2. The summed E-state index contributed by atoms with van der Waals surface area (Å²) in [6.07, 6.45) is 3.09. The highest BCUT2D eigenvalue weighted by molar-refractivity contribution is 6.03. The largest absolute Gasteiger partial charge is 0.323 e. The van der Waals surface area contributed by atoms with E-state index in [0.29, 0.717) is 5.69 Å². The molecule has 1 saturated heterocycles. The van der Waals surface area contributed by atoms with Crippen LogP contribution in [0.4, 0.5) is 15.8 Å². The molecule has 2 aromatic rings. The van der Waals surface area contributed by atoms with E-state index in [0.717, 1.165) is 5.56 Å². The van der Waals surface area contributed by atoms with Gasteiger partial charge in [-0.1, -0.05) is 6.07 Å². The van der Waals surface area contributed by atoms with E-state index in [9.17, 15) is 14.0 Å². The fraction of sp³-hybridized carbons (Fsp3) is 0.267. The van der Waals surface area contributed by atoms with Gasteiger partial charge in [-0.05, 0) is 24.6 Å². The van der Waals surface area contributed by atoms with Crippen LogP contribution < -0.4 is 10.2 Å². The van der Waals surface area contributed by atoms with Gasteiger partial charge >= 0.3 is 0 Å². The van der Waals surface area contributed by atoms with Gasteiger partial charge in [-0.2, -0.15) is 5.10 Å². The fourth-order valence-electron chi connectivity index (χ4n) is 2.51. The predicted octanol–water partition coefficient (Wildman–Crippen LogP) is 1.85. The van der Waals surface area contributed by atoms with Gasteiger partial charge in [0, 0.05) is 19.2 Å². The van der Waals surface area contributed by atoms with Crippen LogP contribution in [0.5, 0.6) is 0 Å². The number of benzene rings is 1. The number of H-pyrrole nitrogens is 1. The van der Waals surface area contributed by atoms with Crippen LogP contribution in [-0.4, -0.2) is 28.6 Å². The first kappa shape index (κ1) is 14.2. The minimum absolute atomic E-state index is 0.0665. The molecule has 0 bridgehead atoms. The van der Waals surface area contributed by atoms with Crippen LogP contribution in [0.15, 0.2) is 30.6 Å². The van der Waals surface area contributed by atoms with E-state index >= 15 is 0 Å². The molecular formula is C15H15FN4O2. The van der Waals surface area contributed by atoms with Gasteiger partial charge in [-0.25, -0.2) is 4.39 Å². The van der Waals surface area contributed by atoms with E-state index in [1.165, 1.54) is 17.2 Å². The zero-order chi connectivity index (χ0) is 15.7.